The third-order valence-electron chi connectivity index (χ3n) is 4.81. The van der Waals surface area contributed by atoms with Gasteiger partial charge in [0.1, 0.15) is 5.52 Å². The van der Waals surface area contributed by atoms with Crippen LogP contribution in [0.4, 0.5) is 4.79 Å². The standard InChI is InChI=1S/C19H23N5O3/c1-26-11-4-9-21-19(25)23-10-7-14(13-23)24-17-15(5-2-8-20-17)22-18(24)16-6-3-12-27-16/h2-3,5-6,8,12,14H,4,7,9-11,13H2,1H3,(H,21,25). The third kappa shape index (κ3) is 3.52. The van der Waals surface area contributed by atoms with Gasteiger partial charge in [0.15, 0.2) is 17.2 Å². The molecule has 4 rings (SSSR count). The lowest BCUT2D eigenvalue weighted by Crippen LogP contribution is -2.39. The maximum atomic E-state index is 12.4. The first-order chi connectivity index (χ1) is 13.3. The number of furan rings is 1. The minimum atomic E-state index is -0.0365. The SMILES string of the molecule is COCCCNC(=O)N1CCC(n2c(-c3ccco3)nc3cccnc32)C1. The molecule has 1 unspecified atom stereocenters. The second-order valence-electron chi connectivity index (χ2n) is 6.60. The van der Waals surface area contributed by atoms with Gasteiger partial charge in [-0.2, -0.15) is 0 Å². The molecule has 1 saturated heterocycles. The van der Waals surface area contributed by atoms with Crippen molar-refractivity contribution in [1.82, 2.24) is 24.8 Å². The van der Waals surface area contributed by atoms with Gasteiger partial charge in [-0.15, -0.1) is 0 Å². The van der Waals surface area contributed by atoms with E-state index in [2.05, 4.69) is 14.9 Å². The number of carbonyl (C=O) groups excluding carboxylic acids is 1. The number of hydrogen-bond acceptors (Lipinski definition) is 5. The quantitative estimate of drug-likeness (QED) is 0.675. The Morgan fingerprint density at radius 1 is 1.41 bits per heavy atom. The van der Waals surface area contributed by atoms with Gasteiger partial charge in [0, 0.05) is 39.5 Å². The first-order valence-electron chi connectivity index (χ1n) is 9.16. The summed E-state index contributed by atoms with van der Waals surface area (Å²) >= 11 is 0. The van der Waals surface area contributed by atoms with Crippen LogP contribution in [0.15, 0.2) is 41.1 Å². The average molecular weight is 369 g/mol. The van der Waals surface area contributed by atoms with Crippen LogP contribution >= 0.6 is 0 Å². The number of imidazole rings is 1. The molecule has 0 aromatic carbocycles. The molecule has 8 heteroatoms. The summed E-state index contributed by atoms with van der Waals surface area (Å²) in [5, 5.41) is 2.95. The van der Waals surface area contributed by atoms with Gasteiger partial charge in [0.25, 0.3) is 0 Å². The van der Waals surface area contributed by atoms with E-state index in [1.807, 2.05) is 29.2 Å². The number of likely N-dealkylation sites (tertiary alicyclic amines) is 1. The fraction of sp³-hybridized carbons (Fsp3) is 0.421. The van der Waals surface area contributed by atoms with Gasteiger partial charge in [0.2, 0.25) is 0 Å². The van der Waals surface area contributed by atoms with Crippen LogP contribution in [0.25, 0.3) is 22.7 Å². The second kappa shape index (κ2) is 7.79. The van der Waals surface area contributed by atoms with Crippen molar-refractivity contribution in [2.45, 2.75) is 18.9 Å². The highest BCUT2D eigenvalue weighted by Gasteiger charge is 2.31. The number of fused-ring (bicyclic) bond motifs is 1. The Kier molecular flexibility index (Phi) is 5.06. The summed E-state index contributed by atoms with van der Waals surface area (Å²) in [5.41, 5.74) is 1.64. The van der Waals surface area contributed by atoms with Crippen molar-refractivity contribution in [3.8, 4) is 11.6 Å². The molecule has 0 aliphatic carbocycles. The Balaban J connectivity index is 1.55. The second-order valence-corrected chi connectivity index (χ2v) is 6.60. The summed E-state index contributed by atoms with van der Waals surface area (Å²) in [6, 6.07) is 7.63. The molecule has 2 amide bonds. The van der Waals surface area contributed by atoms with Crippen LogP contribution in [-0.4, -0.2) is 58.8 Å². The molecule has 8 nitrogen and oxygen atoms in total. The molecule has 0 radical (unpaired) electrons. The summed E-state index contributed by atoms with van der Waals surface area (Å²) in [6.45, 7) is 2.57. The molecule has 142 valence electrons. The van der Waals surface area contributed by atoms with E-state index < -0.39 is 0 Å². The van der Waals surface area contributed by atoms with Crippen molar-refractivity contribution >= 4 is 17.2 Å². The normalized spacial score (nSPS) is 16.9. The molecule has 0 spiro atoms. The van der Waals surface area contributed by atoms with E-state index in [4.69, 9.17) is 14.1 Å². The molecular weight excluding hydrogens is 346 g/mol. The molecule has 1 atom stereocenters. The number of urea groups is 1. The lowest BCUT2D eigenvalue weighted by Gasteiger charge is -2.19. The van der Waals surface area contributed by atoms with Gasteiger partial charge in [-0.25, -0.2) is 14.8 Å². The number of nitrogens with one attached hydrogen (secondary N) is 1. The molecule has 0 saturated carbocycles. The van der Waals surface area contributed by atoms with Crippen LogP contribution in [0.2, 0.25) is 0 Å². The van der Waals surface area contributed by atoms with Crippen molar-refractivity contribution in [2.24, 2.45) is 0 Å². The predicted octanol–water partition coefficient (Wildman–Crippen LogP) is 2.68. The number of pyridine rings is 1. The lowest BCUT2D eigenvalue weighted by atomic mass is 10.2. The molecular formula is C19H23N5O3. The fourth-order valence-corrected chi connectivity index (χ4v) is 3.52. The number of ether oxygens (including phenoxy) is 1. The summed E-state index contributed by atoms with van der Waals surface area (Å²) in [6.07, 6.45) is 5.06. The van der Waals surface area contributed by atoms with Crippen LogP contribution < -0.4 is 5.32 Å². The number of rotatable bonds is 6. The number of aromatic nitrogens is 3. The van der Waals surface area contributed by atoms with E-state index in [1.54, 1.807) is 19.6 Å². The van der Waals surface area contributed by atoms with Crippen molar-refractivity contribution in [1.29, 1.82) is 0 Å². The lowest BCUT2D eigenvalue weighted by molar-refractivity contribution is 0.188. The van der Waals surface area contributed by atoms with Gasteiger partial charge in [0.05, 0.1) is 12.3 Å². The van der Waals surface area contributed by atoms with E-state index in [1.165, 1.54) is 0 Å². The fourth-order valence-electron chi connectivity index (χ4n) is 3.52. The van der Waals surface area contributed by atoms with Crippen LogP contribution in [0, 0.1) is 0 Å². The topological polar surface area (TPSA) is 85.4 Å². The van der Waals surface area contributed by atoms with Crippen molar-refractivity contribution in [3.63, 3.8) is 0 Å². The smallest absolute Gasteiger partial charge is 0.317 e. The summed E-state index contributed by atoms with van der Waals surface area (Å²) < 4.78 is 12.7. The first kappa shape index (κ1) is 17.5. The van der Waals surface area contributed by atoms with Gasteiger partial charge in [-0.1, -0.05) is 0 Å². The van der Waals surface area contributed by atoms with Gasteiger partial charge in [-0.3, -0.25) is 0 Å². The van der Waals surface area contributed by atoms with Gasteiger partial charge < -0.3 is 23.9 Å². The zero-order valence-electron chi connectivity index (χ0n) is 15.3. The Hall–Kier alpha value is -2.87. The van der Waals surface area contributed by atoms with Crippen molar-refractivity contribution in [3.05, 3.63) is 36.7 Å². The molecule has 1 fully saturated rings. The molecule has 4 heterocycles. The zero-order valence-corrected chi connectivity index (χ0v) is 15.3. The van der Waals surface area contributed by atoms with E-state index in [0.717, 1.165) is 29.8 Å². The molecule has 1 aliphatic heterocycles. The Bertz CT molecular complexity index is 905. The van der Waals surface area contributed by atoms with E-state index in [0.29, 0.717) is 32.0 Å². The molecule has 0 bridgehead atoms. The van der Waals surface area contributed by atoms with Crippen LogP contribution in [0.1, 0.15) is 18.9 Å². The third-order valence-corrected chi connectivity index (χ3v) is 4.81. The summed E-state index contributed by atoms with van der Waals surface area (Å²) in [5.74, 6) is 1.46. The minimum Gasteiger partial charge on any atom is -0.461 e. The maximum absolute atomic E-state index is 12.4. The van der Waals surface area contributed by atoms with Crippen molar-refractivity contribution in [2.75, 3.05) is 33.4 Å². The zero-order chi connectivity index (χ0) is 18.6. The maximum Gasteiger partial charge on any atom is 0.317 e. The Morgan fingerprint density at radius 3 is 3.15 bits per heavy atom. The highest BCUT2D eigenvalue weighted by atomic mass is 16.5. The predicted molar refractivity (Wildman–Crippen MR) is 100 cm³/mol. The summed E-state index contributed by atoms with van der Waals surface area (Å²) in [4.78, 5) is 23.5. The minimum absolute atomic E-state index is 0.0365. The monoisotopic (exact) mass is 369 g/mol. The van der Waals surface area contributed by atoms with Crippen LogP contribution in [0.3, 0.4) is 0 Å². The number of amides is 2. The number of methoxy groups -OCH3 is 1. The van der Waals surface area contributed by atoms with Crippen LogP contribution in [0.5, 0.6) is 0 Å². The highest BCUT2D eigenvalue weighted by Crippen LogP contribution is 2.32. The summed E-state index contributed by atoms with van der Waals surface area (Å²) in [7, 11) is 1.66. The molecule has 27 heavy (non-hydrogen) atoms. The van der Waals surface area contributed by atoms with E-state index in [9.17, 15) is 4.79 Å². The highest BCUT2D eigenvalue weighted by molar-refractivity contribution is 5.77. The number of hydrogen-bond donors (Lipinski definition) is 1. The Morgan fingerprint density at radius 2 is 2.33 bits per heavy atom. The Labute approximate surface area is 157 Å². The molecule has 1 aliphatic rings. The van der Waals surface area contributed by atoms with E-state index >= 15 is 0 Å². The largest absolute Gasteiger partial charge is 0.461 e. The molecule has 1 N–H and O–H groups in total. The molecule has 3 aromatic heterocycles. The van der Waals surface area contributed by atoms with Crippen LogP contribution in [-0.2, 0) is 4.74 Å². The molecule has 3 aromatic rings. The average Bonchev–Trinajstić information content (AvgIpc) is 3.43. The van der Waals surface area contributed by atoms with E-state index in [-0.39, 0.29) is 12.1 Å². The number of nitrogens with zero attached hydrogens (tertiary/aromatic N) is 4. The van der Waals surface area contributed by atoms with Gasteiger partial charge in [-0.05, 0) is 37.1 Å². The van der Waals surface area contributed by atoms with Crippen molar-refractivity contribution < 1.29 is 13.9 Å². The first-order valence-corrected chi connectivity index (χ1v) is 9.16. The van der Waals surface area contributed by atoms with Gasteiger partial charge >= 0.3 is 6.03 Å². The number of carbonyl (C=O) groups is 1.